The molecule has 0 aliphatic carbocycles. The molecule has 25 heavy (non-hydrogen) atoms. The van der Waals surface area contributed by atoms with Crippen LogP contribution in [0.4, 0.5) is 5.69 Å². The van der Waals surface area contributed by atoms with Gasteiger partial charge in [-0.05, 0) is 29.8 Å². The molecule has 2 aromatic carbocycles. The normalized spacial score (nSPS) is 11.2. The molecule has 0 saturated heterocycles. The molecule has 3 rings (SSSR count). The number of nitrogens with one attached hydrogen (secondary N) is 1. The summed E-state index contributed by atoms with van der Waals surface area (Å²) < 4.78 is 27.9. The Kier molecular flexibility index (Phi) is 4.20. The van der Waals surface area contributed by atoms with Crippen molar-refractivity contribution in [3.63, 3.8) is 0 Å². The van der Waals surface area contributed by atoms with Gasteiger partial charge in [0.1, 0.15) is 10.4 Å². The van der Waals surface area contributed by atoms with Crippen LogP contribution in [-0.2, 0) is 10.0 Å². The molecule has 7 nitrogen and oxygen atoms in total. The SMILES string of the molecule is C=Cc1ccc(C(=O)O)c(NS(=O)(=O)c2cccc3nccnc23)c1. The maximum Gasteiger partial charge on any atom is 0.337 e. The highest BCUT2D eigenvalue weighted by Crippen LogP contribution is 2.25. The van der Waals surface area contributed by atoms with Crippen molar-refractivity contribution in [3.05, 3.63) is 66.5 Å². The fourth-order valence-corrected chi connectivity index (χ4v) is 3.58. The number of rotatable bonds is 5. The number of carboxylic acids is 1. The van der Waals surface area contributed by atoms with Crippen LogP contribution in [0.2, 0.25) is 0 Å². The van der Waals surface area contributed by atoms with Crippen molar-refractivity contribution >= 4 is 38.8 Å². The van der Waals surface area contributed by atoms with Gasteiger partial charge in [0.25, 0.3) is 10.0 Å². The van der Waals surface area contributed by atoms with E-state index in [0.29, 0.717) is 11.1 Å². The Labute approximate surface area is 143 Å². The lowest BCUT2D eigenvalue weighted by molar-refractivity contribution is 0.0698. The number of sulfonamides is 1. The summed E-state index contributed by atoms with van der Waals surface area (Å²) in [6.07, 6.45) is 4.34. The maximum atomic E-state index is 12.8. The van der Waals surface area contributed by atoms with Crippen LogP contribution in [0, 0.1) is 0 Å². The quantitative estimate of drug-likeness (QED) is 0.728. The molecule has 8 heteroatoms. The smallest absolute Gasteiger partial charge is 0.337 e. The third-order valence-corrected chi connectivity index (χ3v) is 4.90. The highest BCUT2D eigenvalue weighted by Gasteiger charge is 2.21. The molecule has 0 radical (unpaired) electrons. The number of aromatic nitrogens is 2. The number of nitrogens with zero attached hydrogens (tertiary/aromatic N) is 2. The standard InChI is InChI=1S/C17H13N3O4S/c1-2-11-6-7-12(17(21)22)14(10-11)20-25(23,24)15-5-3-4-13-16(15)19-9-8-18-13/h2-10,20H,1H2,(H,21,22). The largest absolute Gasteiger partial charge is 0.478 e. The molecule has 0 spiro atoms. The van der Waals surface area contributed by atoms with Crippen LogP contribution in [0.3, 0.4) is 0 Å². The van der Waals surface area contributed by atoms with Gasteiger partial charge in [0.15, 0.2) is 0 Å². The minimum atomic E-state index is -4.07. The lowest BCUT2D eigenvalue weighted by atomic mass is 10.1. The molecular weight excluding hydrogens is 342 g/mol. The van der Waals surface area contributed by atoms with E-state index in [1.807, 2.05) is 0 Å². The highest BCUT2D eigenvalue weighted by atomic mass is 32.2. The van der Waals surface area contributed by atoms with Gasteiger partial charge in [-0.15, -0.1) is 0 Å². The van der Waals surface area contributed by atoms with E-state index < -0.39 is 16.0 Å². The lowest BCUT2D eigenvalue weighted by Crippen LogP contribution is -2.16. The van der Waals surface area contributed by atoms with E-state index in [0.717, 1.165) is 0 Å². The minimum Gasteiger partial charge on any atom is -0.478 e. The van der Waals surface area contributed by atoms with Crippen molar-refractivity contribution < 1.29 is 18.3 Å². The van der Waals surface area contributed by atoms with Gasteiger partial charge >= 0.3 is 5.97 Å². The third-order valence-electron chi connectivity index (χ3n) is 3.51. The van der Waals surface area contributed by atoms with Gasteiger partial charge in [0, 0.05) is 12.4 Å². The Bertz CT molecular complexity index is 1090. The number of hydrogen-bond donors (Lipinski definition) is 2. The predicted octanol–water partition coefficient (Wildman–Crippen LogP) is 2.77. The van der Waals surface area contributed by atoms with Crippen molar-refractivity contribution in [2.75, 3.05) is 4.72 Å². The zero-order valence-electron chi connectivity index (χ0n) is 12.9. The summed E-state index contributed by atoms with van der Waals surface area (Å²) in [5.74, 6) is -1.24. The first-order chi connectivity index (χ1) is 11.9. The Morgan fingerprint density at radius 1 is 1.16 bits per heavy atom. The first kappa shape index (κ1) is 16.6. The second-order valence-corrected chi connectivity index (χ2v) is 6.75. The number of fused-ring (bicyclic) bond motifs is 1. The molecule has 0 aliphatic rings. The van der Waals surface area contributed by atoms with Gasteiger partial charge < -0.3 is 5.11 Å². The molecule has 0 fully saturated rings. The fourth-order valence-electron chi connectivity index (χ4n) is 2.34. The second kappa shape index (κ2) is 6.33. The number of aromatic carboxylic acids is 1. The summed E-state index contributed by atoms with van der Waals surface area (Å²) in [6, 6.07) is 8.84. The molecular formula is C17H13N3O4S. The van der Waals surface area contributed by atoms with Crippen molar-refractivity contribution in [1.29, 1.82) is 0 Å². The van der Waals surface area contributed by atoms with Gasteiger partial charge in [0.2, 0.25) is 0 Å². The number of hydrogen-bond acceptors (Lipinski definition) is 5. The van der Waals surface area contributed by atoms with Crippen molar-refractivity contribution in [1.82, 2.24) is 9.97 Å². The van der Waals surface area contributed by atoms with E-state index in [4.69, 9.17) is 0 Å². The first-order valence-corrected chi connectivity index (χ1v) is 8.63. The van der Waals surface area contributed by atoms with E-state index in [1.165, 1.54) is 42.7 Å². The fraction of sp³-hybridized carbons (Fsp3) is 0. The van der Waals surface area contributed by atoms with Gasteiger partial charge in [-0.25, -0.2) is 13.2 Å². The maximum absolute atomic E-state index is 12.8. The van der Waals surface area contributed by atoms with Crippen molar-refractivity contribution in [2.24, 2.45) is 0 Å². The van der Waals surface area contributed by atoms with Crippen LogP contribution >= 0.6 is 0 Å². The van der Waals surface area contributed by atoms with Crippen LogP contribution < -0.4 is 4.72 Å². The van der Waals surface area contributed by atoms with Crippen LogP contribution in [0.15, 0.2) is 60.3 Å². The average Bonchev–Trinajstić information content (AvgIpc) is 2.60. The third kappa shape index (κ3) is 3.20. The summed E-state index contributed by atoms with van der Waals surface area (Å²) in [4.78, 5) is 19.4. The predicted molar refractivity (Wildman–Crippen MR) is 93.8 cm³/mol. The van der Waals surface area contributed by atoms with Crippen molar-refractivity contribution in [3.8, 4) is 0 Å². The van der Waals surface area contributed by atoms with Gasteiger partial charge in [-0.3, -0.25) is 14.7 Å². The minimum absolute atomic E-state index is 0.0502. The number of anilines is 1. The number of para-hydroxylation sites is 1. The van der Waals surface area contributed by atoms with E-state index in [-0.39, 0.29) is 21.7 Å². The molecule has 1 aromatic heterocycles. The molecule has 0 aliphatic heterocycles. The Morgan fingerprint density at radius 2 is 1.92 bits per heavy atom. The molecule has 3 aromatic rings. The van der Waals surface area contributed by atoms with Gasteiger partial charge in [-0.1, -0.05) is 24.8 Å². The monoisotopic (exact) mass is 355 g/mol. The van der Waals surface area contributed by atoms with Gasteiger partial charge in [-0.2, -0.15) is 0 Å². The van der Waals surface area contributed by atoms with Crippen LogP contribution in [0.5, 0.6) is 0 Å². The van der Waals surface area contributed by atoms with Crippen molar-refractivity contribution in [2.45, 2.75) is 4.90 Å². The van der Waals surface area contributed by atoms with Crippen LogP contribution in [0.1, 0.15) is 15.9 Å². The van der Waals surface area contributed by atoms with Gasteiger partial charge in [0.05, 0.1) is 16.8 Å². The summed E-state index contributed by atoms with van der Waals surface area (Å²) >= 11 is 0. The Hall–Kier alpha value is -3.26. The molecule has 126 valence electrons. The second-order valence-electron chi connectivity index (χ2n) is 5.10. The molecule has 1 heterocycles. The molecule has 0 amide bonds. The molecule has 2 N–H and O–H groups in total. The lowest BCUT2D eigenvalue weighted by Gasteiger charge is -2.12. The molecule has 0 saturated carbocycles. The van der Waals surface area contributed by atoms with Crippen LogP contribution in [0.25, 0.3) is 17.1 Å². The number of benzene rings is 2. The zero-order chi connectivity index (χ0) is 18.0. The summed E-state index contributed by atoms with van der Waals surface area (Å²) in [7, 11) is -4.07. The number of carboxylic acid groups (broad SMARTS) is 1. The number of carbonyl (C=O) groups is 1. The molecule has 0 unspecified atom stereocenters. The summed E-state index contributed by atoms with van der Waals surface area (Å²) in [5.41, 5.74) is 0.990. The van der Waals surface area contributed by atoms with E-state index in [9.17, 15) is 18.3 Å². The topological polar surface area (TPSA) is 109 Å². The molecule has 0 bridgehead atoms. The first-order valence-electron chi connectivity index (χ1n) is 7.15. The van der Waals surface area contributed by atoms with E-state index >= 15 is 0 Å². The average molecular weight is 355 g/mol. The highest BCUT2D eigenvalue weighted by molar-refractivity contribution is 7.93. The Balaban J connectivity index is 2.13. The van der Waals surface area contributed by atoms with Crippen LogP contribution in [-0.4, -0.2) is 29.5 Å². The Morgan fingerprint density at radius 3 is 2.64 bits per heavy atom. The summed E-state index contributed by atoms with van der Waals surface area (Å²) in [6.45, 7) is 3.60. The molecule has 0 atom stereocenters. The summed E-state index contributed by atoms with van der Waals surface area (Å²) in [5, 5.41) is 9.29. The van der Waals surface area contributed by atoms with E-state index in [2.05, 4.69) is 21.3 Å². The zero-order valence-corrected chi connectivity index (χ0v) is 13.7. The van der Waals surface area contributed by atoms with E-state index in [1.54, 1.807) is 12.1 Å².